The average Bonchev–Trinajstić information content (AvgIpc) is 3.13. The summed E-state index contributed by atoms with van der Waals surface area (Å²) in [4.78, 5) is 12.6. The van der Waals surface area contributed by atoms with Crippen LogP contribution in [0.25, 0.3) is 0 Å². The van der Waals surface area contributed by atoms with Crippen molar-refractivity contribution in [2.75, 3.05) is 6.61 Å². The number of ketones is 1. The highest BCUT2D eigenvalue weighted by Crippen LogP contribution is 2.56. The Morgan fingerprint density at radius 2 is 1.70 bits per heavy atom. The van der Waals surface area contributed by atoms with Crippen LogP contribution in [0.5, 0.6) is 0 Å². The van der Waals surface area contributed by atoms with Crippen LogP contribution in [0.2, 0.25) is 0 Å². The molecule has 0 aromatic rings. The molecule has 0 amide bonds. The summed E-state index contributed by atoms with van der Waals surface area (Å²) in [7, 11) is 0. The van der Waals surface area contributed by atoms with Gasteiger partial charge in [-0.1, -0.05) is 25.3 Å². The SMILES string of the molecule is C=C1C(=O)C[C@@H]2[C@H]3C(=C)[C@@H](O)C[C@H]3C(=C)C[C@H](O[C@@H]3O[C@H](CO)[C@@H](O)[C@H](O)[C@H]3O)[C@@H]12. The van der Waals surface area contributed by atoms with Gasteiger partial charge in [0.2, 0.25) is 0 Å². The predicted molar refractivity (Wildman–Crippen MR) is 105 cm³/mol. The molecule has 30 heavy (non-hydrogen) atoms. The summed E-state index contributed by atoms with van der Waals surface area (Å²) in [5.41, 5.74) is 1.99. The number of carbonyl (C=O) groups is 1. The lowest BCUT2D eigenvalue weighted by molar-refractivity contribution is -0.314. The lowest BCUT2D eigenvalue weighted by atomic mass is 9.76. The van der Waals surface area contributed by atoms with Crippen LogP contribution in [-0.2, 0) is 14.3 Å². The normalized spacial score (nSPS) is 49.2. The minimum Gasteiger partial charge on any atom is -0.394 e. The summed E-state index contributed by atoms with van der Waals surface area (Å²) in [5, 5.41) is 50.2. The molecular weight excluding hydrogens is 392 g/mol. The van der Waals surface area contributed by atoms with Gasteiger partial charge >= 0.3 is 0 Å². The molecule has 0 unspecified atom stereocenters. The van der Waals surface area contributed by atoms with Crippen molar-refractivity contribution >= 4 is 5.78 Å². The molecule has 0 aromatic carbocycles. The van der Waals surface area contributed by atoms with Gasteiger partial charge in [0.1, 0.15) is 24.4 Å². The van der Waals surface area contributed by atoms with Gasteiger partial charge in [-0.3, -0.25) is 4.79 Å². The maximum absolute atomic E-state index is 12.6. The Balaban J connectivity index is 1.63. The number of hydrogen-bond acceptors (Lipinski definition) is 8. The summed E-state index contributed by atoms with van der Waals surface area (Å²) >= 11 is 0. The second kappa shape index (κ2) is 7.94. The van der Waals surface area contributed by atoms with Gasteiger partial charge in [-0.15, -0.1) is 0 Å². The fraction of sp³-hybridized carbons (Fsp3) is 0.682. The largest absolute Gasteiger partial charge is 0.394 e. The third-order valence-electron chi connectivity index (χ3n) is 7.42. The van der Waals surface area contributed by atoms with Gasteiger partial charge in [0.25, 0.3) is 0 Å². The molecule has 4 fully saturated rings. The molecule has 0 radical (unpaired) electrons. The van der Waals surface area contributed by atoms with Crippen LogP contribution in [0.15, 0.2) is 36.5 Å². The molecule has 0 aromatic heterocycles. The Kier molecular flexibility index (Phi) is 5.78. The molecule has 3 saturated carbocycles. The van der Waals surface area contributed by atoms with E-state index in [4.69, 9.17) is 9.47 Å². The average molecular weight is 422 g/mol. The molecular formula is C22H30O8. The summed E-state index contributed by atoms with van der Waals surface area (Å²) in [5.74, 6) is -0.730. The molecule has 1 heterocycles. The number of ether oxygens (including phenoxy) is 2. The zero-order valence-electron chi connectivity index (χ0n) is 16.8. The van der Waals surface area contributed by atoms with Crippen molar-refractivity contribution in [3.8, 4) is 0 Å². The first kappa shape index (κ1) is 21.8. The van der Waals surface area contributed by atoms with Gasteiger partial charge in [0.05, 0.1) is 18.8 Å². The molecule has 3 aliphatic carbocycles. The van der Waals surface area contributed by atoms with Gasteiger partial charge < -0.3 is 35.0 Å². The van der Waals surface area contributed by atoms with Crippen LogP contribution in [0.3, 0.4) is 0 Å². The first-order chi connectivity index (χ1) is 14.1. The van der Waals surface area contributed by atoms with Gasteiger partial charge in [0.15, 0.2) is 12.1 Å². The van der Waals surface area contributed by atoms with Crippen LogP contribution >= 0.6 is 0 Å². The molecule has 1 saturated heterocycles. The molecule has 11 atom stereocenters. The van der Waals surface area contributed by atoms with E-state index in [0.29, 0.717) is 24.0 Å². The number of rotatable bonds is 3. The molecule has 1 aliphatic heterocycles. The smallest absolute Gasteiger partial charge is 0.187 e. The number of aliphatic hydroxyl groups is 5. The quantitative estimate of drug-likeness (QED) is 0.302. The third kappa shape index (κ3) is 3.31. The Morgan fingerprint density at radius 3 is 2.37 bits per heavy atom. The van der Waals surface area contributed by atoms with Crippen LogP contribution in [0.1, 0.15) is 19.3 Å². The van der Waals surface area contributed by atoms with Crippen LogP contribution in [0.4, 0.5) is 0 Å². The number of aliphatic hydroxyl groups excluding tert-OH is 5. The zero-order chi connectivity index (χ0) is 21.9. The topological polar surface area (TPSA) is 137 Å². The van der Waals surface area contributed by atoms with E-state index in [2.05, 4.69) is 19.7 Å². The highest BCUT2D eigenvalue weighted by atomic mass is 16.7. The van der Waals surface area contributed by atoms with E-state index in [0.717, 1.165) is 5.57 Å². The number of Topliss-reactive ketones (excluding diaryl/α,β-unsaturated/α-hetero) is 1. The molecule has 4 aliphatic rings. The Labute approximate surface area is 175 Å². The van der Waals surface area contributed by atoms with Gasteiger partial charge in [0, 0.05) is 12.3 Å². The Morgan fingerprint density at radius 1 is 1.00 bits per heavy atom. The maximum atomic E-state index is 12.6. The van der Waals surface area contributed by atoms with Gasteiger partial charge in [-0.05, 0) is 41.7 Å². The van der Waals surface area contributed by atoms with Gasteiger partial charge in [-0.2, -0.15) is 0 Å². The zero-order valence-corrected chi connectivity index (χ0v) is 16.8. The molecule has 4 rings (SSSR count). The van der Waals surface area contributed by atoms with Crippen LogP contribution < -0.4 is 0 Å². The van der Waals surface area contributed by atoms with Crippen molar-refractivity contribution in [2.45, 2.75) is 62.2 Å². The van der Waals surface area contributed by atoms with Crippen LogP contribution in [0, 0.1) is 23.7 Å². The molecule has 0 spiro atoms. The fourth-order valence-corrected chi connectivity index (χ4v) is 5.80. The number of fused-ring (bicyclic) bond motifs is 3. The number of hydrogen-bond donors (Lipinski definition) is 5. The molecule has 8 nitrogen and oxygen atoms in total. The number of carbonyl (C=O) groups excluding carboxylic acids is 1. The van der Waals surface area contributed by atoms with E-state index in [1.807, 2.05) is 0 Å². The molecule has 0 bridgehead atoms. The van der Waals surface area contributed by atoms with Crippen molar-refractivity contribution in [3.05, 3.63) is 36.5 Å². The van der Waals surface area contributed by atoms with Crippen molar-refractivity contribution in [2.24, 2.45) is 23.7 Å². The first-order valence-electron chi connectivity index (χ1n) is 10.4. The molecule has 166 valence electrons. The molecule has 8 heteroatoms. The summed E-state index contributed by atoms with van der Waals surface area (Å²) in [6.45, 7) is 11.7. The lowest BCUT2D eigenvalue weighted by Crippen LogP contribution is -2.60. The summed E-state index contributed by atoms with van der Waals surface area (Å²) in [6.07, 6.45) is -7.03. The summed E-state index contributed by atoms with van der Waals surface area (Å²) < 4.78 is 11.6. The molecule has 5 N–H and O–H groups in total. The highest BCUT2D eigenvalue weighted by Gasteiger charge is 2.55. The van der Waals surface area contributed by atoms with Gasteiger partial charge in [-0.25, -0.2) is 0 Å². The van der Waals surface area contributed by atoms with E-state index in [9.17, 15) is 30.3 Å². The van der Waals surface area contributed by atoms with E-state index >= 15 is 0 Å². The van der Waals surface area contributed by atoms with Crippen molar-refractivity contribution in [3.63, 3.8) is 0 Å². The minimum absolute atomic E-state index is 0.0258. The lowest BCUT2D eigenvalue weighted by Gasteiger charge is -2.42. The Hall–Kier alpha value is -1.39. The van der Waals surface area contributed by atoms with Crippen LogP contribution in [-0.4, -0.2) is 80.8 Å². The maximum Gasteiger partial charge on any atom is 0.187 e. The minimum atomic E-state index is -1.55. The predicted octanol–water partition coefficient (Wildman–Crippen LogP) is -0.554. The Bertz CT molecular complexity index is 760. The fourth-order valence-electron chi connectivity index (χ4n) is 5.80. The van der Waals surface area contributed by atoms with E-state index < -0.39 is 49.5 Å². The van der Waals surface area contributed by atoms with E-state index in [1.54, 1.807) is 0 Å². The standard InChI is InChI=1S/C22H30O8/c1-8-4-15(29-22-21(28)20(27)19(26)16(7-23)30-22)18-10(3)14(25)6-12(18)17-9(2)13(24)5-11(8)17/h11-13,15-24,26-28H,1-7H2/t11-,12+,13-,15-,16+,17-,18-,19+,20-,21+,22+/m0/s1. The van der Waals surface area contributed by atoms with E-state index in [1.165, 1.54) is 0 Å². The first-order valence-corrected chi connectivity index (χ1v) is 10.4. The monoisotopic (exact) mass is 422 g/mol. The van der Waals surface area contributed by atoms with Crippen molar-refractivity contribution in [1.82, 2.24) is 0 Å². The second-order valence-corrected chi connectivity index (χ2v) is 9.04. The highest BCUT2D eigenvalue weighted by molar-refractivity contribution is 5.98. The second-order valence-electron chi connectivity index (χ2n) is 9.04. The van der Waals surface area contributed by atoms with Crippen molar-refractivity contribution < 1.29 is 39.8 Å². The summed E-state index contributed by atoms with van der Waals surface area (Å²) in [6, 6.07) is 0. The van der Waals surface area contributed by atoms with Crippen molar-refractivity contribution in [1.29, 1.82) is 0 Å². The van der Waals surface area contributed by atoms with E-state index in [-0.39, 0.29) is 35.9 Å². The third-order valence-corrected chi connectivity index (χ3v) is 7.42.